The van der Waals surface area contributed by atoms with Crippen LogP contribution in [0.5, 0.6) is 5.75 Å². The summed E-state index contributed by atoms with van der Waals surface area (Å²) in [6, 6.07) is 8.82. The van der Waals surface area contributed by atoms with Gasteiger partial charge in [-0.05, 0) is 24.3 Å². The molecule has 116 valence electrons. The van der Waals surface area contributed by atoms with Gasteiger partial charge in [0, 0.05) is 30.5 Å². The second kappa shape index (κ2) is 8.84. The molecule has 1 heterocycles. The number of carbonyl (C=O) groups is 1. The van der Waals surface area contributed by atoms with E-state index in [1.165, 1.54) is 0 Å². The molecule has 2 rings (SSSR count). The van der Waals surface area contributed by atoms with E-state index in [4.69, 9.17) is 16.3 Å². The number of ether oxygens (including phenoxy) is 1. The number of carbonyl (C=O) groups excluding carboxylic acids is 1. The lowest BCUT2D eigenvalue weighted by atomic mass is 10.3. The van der Waals surface area contributed by atoms with Gasteiger partial charge in [0.2, 0.25) is 11.9 Å². The number of benzene rings is 1. The molecule has 22 heavy (non-hydrogen) atoms. The highest BCUT2D eigenvalue weighted by atomic mass is 35.5. The minimum absolute atomic E-state index is 0.0715. The number of hydrogen-bond acceptors (Lipinski definition) is 5. The summed E-state index contributed by atoms with van der Waals surface area (Å²) in [5.74, 6) is 1.13. The van der Waals surface area contributed by atoms with E-state index in [1.807, 2.05) is 0 Å². The molecule has 6 nitrogen and oxygen atoms in total. The molecule has 7 heteroatoms. The van der Waals surface area contributed by atoms with Gasteiger partial charge in [-0.15, -0.1) is 0 Å². The van der Waals surface area contributed by atoms with Crippen molar-refractivity contribution in [2.24, 2.45) is 0 Å². The molecular weight excluding hydrogens is 304 g/mol. The number of amides is 1. The maximum absolute atomic E-state index is 11.6. The summed E-state index contributed by atoms with van der Waals surface area (Å²) in [4.78, 5) is 19.7. The standard InChI is InChI=1S/C15H17ClN4O2/c16-12-3-1-4-13(11-12)22-10-5-14(21)17-8-9-20-15-18-6-2-7-19-15/h1-4,6-7,11H,5,8-10H2,(H,17,21)(H,18,19,20). The Hall–Kier alpha value is -2.34. The second-order valence-corrected chi connectivity index (χ2v) is 4.84. The maximum Gasteiger partial charge on any atom is 0.223 e. The van der Waals surface area contributed by atoms with Crippen molar-refractivity contribution in [3.8, 4) is 5.75 Å². The number of nitrogens with one attached hydrogen (secondary N) is 2. The summed E-state index contributed by atoms with van der Waals surface area (Å²) >= 11 is 5.84. The Kier molecular flexibility index (Phi) is 6.44. The highest BCUT2D eigenvalue weighted by Crippen LogP contribution is 2.16. The van der Waals surface area contributed by atoms with Gasteiger partial charge in [-0.2, -0.15) is 0 Å². The second-order valence-electron chi connectivity index (χ2n) is 4.40. The van der Waals surface area contributed by atoms with E-state index in [2.05, 4.69) is 20.6 Å². The van der Waals surface area contributed by atoms with Crippen LogP contribution in [0.3, 0.4) is 0 Å². The first kappa shape index (κ1) is 16.0. The zero-order valence-corrected chi connectivity index (χ0v) is 12.7. The summed E-state index contributed by atoms with van der Waals surface area (Å²) in [6.07, 6.45) is 3.59. The van der Waals surface area contributed by atoms with Gasteiger partial charge in [-0.3, -0.25) is 4.79 Å². The number of rotatable bonds is 8. The Balaban J connectivity index is 1.56. The van der Waals surface area contributed by atoms with E-state index in [0.717, 1.165) is 0 Å². The average Bonchev–Trinajstić information content (AvgIpc) is 2.53. The van der Waals surface area contributed by atoms with Crippen molar-refractivity contribution in [2.45, 2.75) is 6.42 Å². The predicted molar refractivity (Wildman–Crippen MR) is 85.1 cm³/mol. The van der Waals surface area contributed by atoms with Gasteiger partial charge in [0.25, 0.3) is 0 Å². The van der Waals surface area contributed by atoms with Crippen molar-refractivity contribution in [3.63, 3.8) is 0 Å². The van der Waals surface area contributed by atoms with Crippen LogP contribution in [0.15, 0.2) is 42.7 Å². The van der Waals surface area contributed by atoms with Gasteiger partial charge in [-0.1, -0.05) is 17.7 Å². The summed E-state index contributed by atoms with van der Waals surface area (Å²) in [5, 5.41) is 6.40. The molecule has 1 amide bonds. The third-order valence-corrected chi connectivity index (χ3v) is 2.93. The van der Waals surface area contributed by atoms with Crippen LogP contribution in [0.25, 0.3) is 0 Å². The average molecular weight is 321 g/mol. The Morgan fingerprint density at radius 1 is 1.18 bits per heavy atom. The molecule has 1 aromatic heterocycles. The summed E-state index contributed by atoms with van der Waals surface area (Å²) < 4.78 is 5.45. The smallest absolute Gasteiger partial charge is 0.223 e. The van der Waals surface area contributed by atoms with E-state index >= 15 is 0 Å². The quantitative estimate of drug-likeness (QED) is 0.729. The first-order valence-corrected chi connectivity index (χ1v) is 7.28. The number of halogens is 1. The Morgan fingerprint density at radius 2 is 2.00 bits per heavy atom. The third-order valence-electron chi connectivity index (χ3n) is 2.69. The van der Waals surface area contributed by atoms with Crippen LogP contribution in [0.1, 0.15) is 6.42 Å². The third kappa shape index (κ3) is 5.97. The largest absolute Gasteiger partial charge is 0.493 e. The molecule has 0 unspecified atom stereocenters. The number of aromatic nitrogens is 2. The number of anilines is 1. The van der Waals surface area contributed by atoms with E-state index in [9.17, 15) is 4.79 Å². The zero-order valence-electron chi connectivity index (χ0n) is 12.0. The highest BCUT2D eigenvalue weighted by Gasteiger charge is 2.02. The molecular formula is C15H17ClN4O2. The number of hydrogen-bond donors (Lipinski definition) is 2. The fourth-order valence-electron chi connectivity index (χ4n) is 1.67. The van der Waals surface area contributed by atoms with Crippen LogP contribution in [0.4, 0.5) is 5.95 Å². The van der Waals surface area contributed by atoms with Gasteiger partial charge < -0.3 is 15.4 Å². The van der Waals surface area contributed by atoms with Crippen molar-refractivity contribution < 1.29 is 9.53 Å². The Labute approximate surface area is 133 Å². The fourth-order valence-corrected chi connectivity index (χ4v) is 1.85. The zero-order chi connectivity index (χ0) is 15.6. The molecule has 0 bridgehead atoms. The maximum atomic E-state index is 11.6. The molecule has 0 fully saturated rings. The molecule has 0 aliphatic carbocycles. The van der Waals surface area contributed by atoms with Gasteiger partial charge in [-0.25, -0.2) is 9.97 Å². The molecule has 0 spiro atoms. The van der Waals surface area contributed by atoms with Crippen molar-refractivity contribution in [1.29, 1.82) is 0 Å². The van der Waals surface area contributed by atoms with Crippen molar-refractivity contribution >= 4 is 23.5 Å². The lowest BCUT2D eigenvalue weighted by molar-refractivity contribution is -0.121. The molecule has 0 saturated carbocycles. The first-order chi connectivity index (χ1) is 10.7. The molecule has 2 aromatic rings. The van der Waals surface area contributed by atoms with Crippen LogP contribution in [0.2, 0.25) is 5.02 Å². The normalized spacial score (nSPS) is 10.0. The number of nitrogens with zero attached hydrogens (tertiary/aromatic N) is 2. The van der Waals surface area contributed by atoms with Gasteiger partial charge >= 0.3 is 0 Å². The minimum Gasteiger partial charge on any atom is -0.493 e. The topological polar surface area (TPSA) is 76.1 Å². The van der Waals surface area contributed by atoms with E-state index in [0.29, 0.717) is 36.4 Å². The fraction of sp³-hybridized carbons (Fsp3) is 0.267. The SMILES string of the molecule is O=C(CCOc1cccc(Cl)c1)NCCNc1ncccn1. The van der Waals surface area contributed by atoms with Crippen LogP contribution < -0.4 is 15.4 Å². The predicted octanol–water partition coefficient (Wildman–Crippen LogP) is 2.13. The van der Waals surface area contributed by atoms with Gasteiger partial charge in [0.15, 0.2) is 0 Å². The molecule has 0 aliphatic rings. The van der Waals surface area contributed by atoms with Crippen molar-refractivity contribution in [2.75, 3.05) is 25.0 Å². The Bertz CT molecular complexity index is 595. The lowest BCUT2D eigenvalue weighted by Gasteiger charge is -2.08. The Morgan fingerprint density at radius 3 is 2.77 bits per heavy atom. The van der Waals surface area contributed by atoms with Crippen LogP contribution in [-0.2, 0) is 4.79 Å². The minimum atomic E-state index is -0.0715. The highest BCUT2D eigenvalue weighted by molar-refractivity contribution is 6.30. The molecule has 0 radical (unpaired) electrons. The summed E-state index contributed by atoms with van der Waals surface area (Å²) in [7, 11) is 0. The van der Waals surface area contributed by atoms with Crippen LogP contribution in [0, 0.1) is 0 Å². The van der Waals surface area contributed by atoms with Crippen LogP contribution >= 0.6 is 11.6 Å². The van der Waals surface area contributed by atoms with E-state index in [1.54, 1.807) is 42.7 Å². The van der Waals surface area contributed by atoms with Gasteiger partial charge in [0.1, 0.15) is 5.75 Å². The summed E-state index contributed by atoms with van der Waals surface area (Å²) in [5.41, 5.74) is 0. The lowest BCUT2D eigenvalue weighted by Crippen LogP contribution is -2.30. The molecule has 0 saturated heterocycles. The molecule has 0 atom stereocenters. The van der Waals surface area contributed by atoms with E-state index in [-0.39, 0.29) is 12.3 Å². The van der Waals surface area contributed by atoms with Gasteiger partial charge in [0.05, 0.1) is 13.0 Å². The molecule has 0 aliphatic heterocycles. The molecule has 2 N–H and O–H groups in total. The molecule has 1 aromatic carbocycles. The van der Waals surface area contributed by atoms with Crippen molar-refractivity contribution in [3.05, 3.63) is 47.7 Å². The van der Waals surface area contributed by atoms with E-state index < -0.39 is 0 Å². The monoisotopic (exact) mass is 320 g/mol. The van der Waals surface area contributed by atoms with Crippen LogP contribution in [-0.4, -0.2) is 35.6 Å². The van der Waals surface area contributed by atoms with Crippen molar-refractivity contribution in [1.82, 2.24) is 15.3 Å². The summed E-state index contributed by atoms with van der Waals surface area (Å²) in [6.45, 7) is 1.36. The first-order valence-electron chi connectivity index (χ1n) is 6.90.